The SMILES string of the molecule is C=C(C)C(=O)OCC(COC(=O)C(=C)C)OC(=O)CCOc1ccccc1CN(CC(=O)O)CC(=O)O. The minimum absolute atomic E-state index is 0.0104. The van der Waals surface area contributed by atoms with Crippen LogP contribution in [0.15, 0.2) is 48.6 Å². The molecule has 0 saturated heterocycles. The lowest BCUT2D eigenvalue weighted by molar-refractivity contribution is -0.164. The van der Waals surface area contributed by atoms with Crippen molar-refractivity contribution >= 4 is 29.8 Å². The van der Waals surface area contributed by atoms with E-state index in [0.717, 1.165) is 0 Å². The number of ether oxygens (including phenoxy) is 4. The van der Waals surface area contributed by atoms with Crippen molar-refractivity contribution in [1.29, 1.82) is 0 Å². The van der Waals surface area contributed by atoms with Crippen LogP contribution in [-0.2, 0) is 44.7 Å². The number of para-hydroxylation sites is 1. The van der Waals surface area contributed by atoms with E-state index < -0.39 is 49.0 Å². The van der Waals surface area contributed by atoms with E-state index in [-0.39, 0.29) is 43.9 Å². The highest BCUT2D eigenvalue weighted by Gasteiger charge is 2.21. The van der Waals surface area contributed by atoms with Gasteiger partial charge in [-0.2, -0.15) is 0 Å². The fourth-order valence-corrected chi connectivity index (χ4v) is 2.76. The van der Waals surface area contributed by atoms with Gasteiger partial charge in [0, 0.05) is 23.3 Å². The number of hydrogen-bond donors (Lipinski definition) is 2. The molecule has 1 aromatic carbocycles. The monoisotopic (exact) mass is 521 g/mol. The third-order valence-corrected chi connectivity index (χ3v) is 4.44. The molecule has 0 heterocycles. The molecule has 1 aromatic rings. The third-order valence-electron chi connectivity index (χ3n) is 4.44. The van der Waals surface area contributed by atoms with Gasteiger partial charge in [-0.3, -0.25) is 19.3 Å². The zero-order valence-electron chi connectivity index (χ0n) is 20.8. The Bertz CT molecular complexity index is 972. The van der Waals surface area contributed by atoms with E-state index in [9.17, 15) is 24.0 Å². The Morgan fingerprint density at radius 1 is 0.892 bits per heavy atom. The summed E-state index contributed by atoms with van der Waals surface area (Å²) in [4.78, 5) is 59.0. The summed E-state index contributed by atoms with van der Waals surface area (Å²) in [6.45, 7) is 7.96. The molecule has 0 bridgehead atoms. The maximum Gasteiger partial charge on any atom is 0.333 e. The maximum absolute atomic E-state index is 12.3. The first-order chi connectivity index (χ1) is 17.4. The van der Waals surface area contributed by atoms with E-state index in [1.165, 1.54) is 18.7 Å². The number of benzene rings is 1. The molecule has 37 heavy (non-hydrogen) atoms. The van der Waals surface area contributed by atoms with Crippen LogP contribution >= 0.6 is 0 Å². The Kier molecular flexibility index (Phi) is 13.1. The molecule has 0 aliphatic rings. The zero-order valence-corrected chi connectivity index (χ0v) is 20.8. The highest BCUT2D eigenvalue weighted by atomic mass is 16.6. The molecule has 0 saturated carbocycles. The molecule has 12 nitrogen and oxygen atoms in total. The van der Waals surface area contributed by atoms with E-state index in [1.54, 1.807) is 24.3 Å². The summed E-state index contributed by atoms with van der Waals surface area (Å²) in [6.07, 6.45) is -1.30. The summed E-state index contributed by atoms with van der Waals surface area (Å²) >= 11 is 0. The van der Waals surface area contributed by atoms with Crippen molar-refractivity contribution in [3.8, 4) is 5.75 Å². The second kappa shape index (κ2) is 15.7. The summed E-state index contributed by atoms with van der Waals surface area (Å²) in [6, 6.07) is 6.58. The van der Waals surface area contributed by atoms with Crippen LogP contribution in [0.1, 0.15) is 25.8 Å². The molecular formula is C25H31NO11. The predicted molar refractivity (Wildman–Crippen MR) is 129 cm³/mol. The van der Waals surface area contributed by atoms with Crippen molar-refractivity contribution in [2.75, 3.05) is 32.9 Å². The molecule has 12 heteroatoms. The van der Waals surface area contributed by atoms with Crippen LogP contribution in [0.3, 0.4) is 0 Å². The molecule has 2 N–H and O–H groups in total. The highest BCUT2D eigenvalue weighted by Crippen LogP contribution is 2.20. The minimum atomic E-state index is -1.18. The van der Waals surface area contributed by atoms with Crippen molar-refractivity contribution in [3.05, 3.63) is 54.1 Å². The van der Waals surface area contributed by atoms with Gasteiger partial charge in [0.1, 0.15) is 19.0 Å². The number of esters is 3. The van der Waals surface area contributed by atoms with E-state index >= 15 is 0 Å². The Hall–Kier alpha value is -4.19. The molecular weight excluding hydrogens is 490 g/mol. The van der Waals surface area contributed by atoms with Crippen molar-refractivity contribution in [1.82, 2.24) is 4.90 Å². The molecule has 0 amide bonds. The fourth-order valence-electron chi connectivity index (χ4n) is 2.76. The molecule has 0 aliphatic carbocycles. The lowest BCUT2D eigenvalue weighted by Gasteiger charge is -2.20. The smallest absolute Gasteiger partial charge is 0.333 e. The van der Waals surface area contributed by atoms with Gasteiger partial charge >= 0.3 is 29.8 Å². The first kappa shape index (κ1) is 30.8. The summed E-state index contributed by atoms with van der Waals surface area (Å²) < 4.78 is 20.9. The quantitative estimate of drug-likeness (QED) is 0.173. The van der Waals surface area contributed by atoms with Gasteiger partial charge < -0.3 is 29.2 Å². The number of rotatable bonds is 17. The summed E-state index contributed by atoms with van der Waals surface area (Å²) in [5.41, 5.74) is 0.803. The maximum atomic E-state index is 12.3. The van der Waals surface area contributed by atoms with Crippen LogP contribution in [-0.4, -0.2) is 84.0 Å². The molecule has 0 unspecified atom stereocenters. The normalized spacial score (nSPS) is 10.5. The van der Waals surface area contributed by atoms with E-state index in [4.69, 9.17) is 29.2 Å². The first-order valence-corrected chi connectivity index (χ1v) is 11.1. The Morgan fingerprint density at radius 2 is 1.41 bits per heavy atom. The average molecular weight is 522 g/mol. The van der Waals surface area contributed by atoms with Crippen LogP contribution in [0.4, 0.5) is 0 Å². The average Bonchev–Trinajstić information content (AvgIpc) is 2.80. The summed E-state index contributed by atoms with van der Waals surface area (Å²) in [5.74, 6) is -4.16. The number of aliphatic carboxylic acids is 2. The first-order valence-electron chi connectivity index (χ1n) is 11.1. The van der Waals surface area contributed by atoms with Gasteiger partial charge in [-0.25, -0.2) is 9.59 Å². The van der Waals surface area contributed by atoms with Gasteiger partial charge in [-0.1, -0.05) is 31.4 Å². The highest BCUT2D eigenvalue weighted by molar-refractivity contribution is 5.87. The lowest BCUT2D eigenvalue weighted by Crippen LogP contribution is -2.34. The summed E-state index contributed by atoms with van der Waals surface area (Å²) in [7, 11) is 0. The molecule has 0 spiro atoms. The van der Waals surface area contributed by atoms with Crippen LogP contribution in [0, 0.1) is 0 Å². The van der Waals surface area contributed by atoms with Crippen LogP contribution in [0.5, 0.6) is 5.75 Å². The molecule has 1 rings (SSSR count). The second-order valence-corrected chi connectivity index (χ2v) is 8.01. The largest absolute Gasteiger partial charge is 0.493 e. The van der Waals surface area contributed by atoms with Gasteiger partial charge in [0.05, 0.1) is 26.1 Å². The number of carboxylic acids is 2. The van der Waals surface area contributed by atoms with Crippen LogP contribution in [0.2, 0.25) is 0 Å². The number of carboxylic acid groups (broad SMARTS) is 2. The Morgan fingerprint density at radius 3 is 1.89 bits per heavy atom. The molecule has 0 fully saturated rings. The van der Waals surface area contributed by atoms with Crippen LogP contribution < -0.4 is 4.74 Å². The lowest BCUT2D eigenvalue weighted by atomic mass is 10.2. The number of nitrogens with zero attached hydrogens (tertiary/aromatic N) is 1. The number of hydrogen-bond acceptors (Lipinski definition) is 10. The van der Waals surface area contributed by atoms with Gasteiger partial charge in [-0.15, -0.1) is 0 Å². The van der Waals surface area contributed by atoms with E-state index in [1.807, 2.05) is 0 Å². The minimum Gasteiger partial charge on any atom is -0.493 e. The van der Waals surface area contributed by atoms with E-state index in [0.29, 0.717) is 11.3 Å². The van der Waals surface area contributed by atoms with Crippen molar-refractivity contribution in [3.63, 3.8) is 0 Å². The molecule has 0 aliphatic heterocycles. The van der Waals surface area contributed by atoms with Gasteiger partial charge in [0.15, 0.2) is 6.10 Å². The molecule has 0 aromatic heterocycles. The van der Waals surface area contributed by atoms with Crippen molar-refractivity contribution < 1.29 is 53.1 Å². The summed E-state index contributed by atoms with van der Waals surface area (Å²) in [5, 5.41) is 18.1. The standard InChI is InChI=1S/C25H31NO11/c1-16(2)24(32)35-14-19(15-36-25(33)17(3)4)37-23(31)9-10-34-20-8-6-5-7-18(20)11-26(12-21(27)28)13-22(29)30/h5-8,19H,1,3,9-15H2,2,4H3,(H,27,28)(H,29,30). The van der Waals surface area contributed by atoms with E-state index in [2.05, 4.69) is 13.2 Å². The zero-order chi connectivity index (χ0) is 28.0. The molecule has 202 valence electrons. The fraction of sp³-hybridized carbons (Fsp3) is 0.400. The number of carbonyl (C=O) groups is 5. The van der Waals surface area contributed by atoms with Crippen molar-refractivity contribution in [2.24, 2.45) is 0 Å². The molecule has 0 radical (unpaired) electrons. The topological polar surface area (TPSA) is 166 Å². The Labute approximate surface area is 214 Å². The van der Waals surface area contributed by atoms with Crippen molar-refractivity contribution in [2.45, 2.75) is 32.9 Å². The second-order valence-electron chi connectivity index (χ2n) is 8.01. The van der Waals surface area contributed by atoms with Gasteiger partial charge in [-0.05, 0) is 19.9 Å². The van der Waals surface area contributed by atoms with Gasteiger partial charge in [0.2, 0.25) is 0 Å². The predicted octanol–water partition coefficient (Wildman–Crippen LogP) is 1.58. The van der Waals surface area contributed by atoms with Crippen LogP contribution in [0.25, 0.3) is 0 Å². The Balaban J connectivity index is 2.73. The third kappa shape index (κ3) is 12.9. The molecule has 0 atom stereocenters. The van der Waals surface area contributed by atoms with Gasteiger partial charge in [0.25, 0.3) is 0 Å². The number of carbonyl (C=O) groups excluding carboxylic acids is 3.